The largest absolute Gasteiger partial charge is 0.463 e. The Morgan fingerprint density at radius 2 is 1.36 bits per heavy atom. The maximum Gasteiger partial charge on any atom is 0.309 e. The molecule has 2 atom stereocenters. The van der Waals surface area contributed by atoms with E-state index in [1.807, 2.05) is 13.8 Å². The van der Waals surface area contributed by atoms with Crippen molar-refractivity contribution in [3.05, 3.63) is 0 Å². The summed E-state index contributed by atoms with van der Waals surface area (Å²) < 4.78 is 25.7. The van der Waals surface area contributed by atoms with Gasteiger partial charge in [-0.05, 0) is 19.3 Å². The van der Waals surface area contributed by atoms with E-state index < -0.39 is 0 Å². The van der Waals surface area contributed by atoms with E-state index in [-0.39, 0.29) is 37.0 Å². The average molecular weight is 362 g/mol. The van der Waals surface area contributed by atoms with Crippen LogP contribution in [0.15, 0.2) is 0 Å². The van der Waals surface area contributed by atoms with E-state index in [1.165, 1.54) is 0 Å². The zero-order valence-electron chi connectivity index (χ0n) is 16.1. The molecule has 0 N–H and O–H groups in total. The van der Waals surface area contributed by atoms with E-state index in [0.717, 1.165) is 6.42 Å². The summed E-state index contributed by atoms with van der Waals surface area (Å²) >= 11 is 0. The van der Waals surface area contributed by atoms with Crippen LogP contribution in [0.1, 0.15) is 40.0 Å². The molecular formula is C18H34O7. The molecule has 0 aromatic rings. The molecular weight excluding hydrogens is 328 g/mol. The van der Waals surface area contributed by atoms with Gasteiger partial charge in [0, 0.05) is 13.7 Å². The van der Waals surface area contributed by atoms with E-state index in [0.29, 0.717) is 45.9 Å². The van der Waals surface area contributed by atoms with Crippen molar-refractivity contribution in [2.75, 3.05) is 53.4 Å². The minimum absolute atomic E-state index is 0.201. The molecule has 0 amide bonds. The van der Waals surface area contributed by atoms with E-state index >= 15 is 0 Å². The quantitative estimate of drug-likeness (QED) is 0.308. The molecule has 7 nitrogen and oxygen atoms in total. The van der Waals surface area contributed by atoms with Crippen LogP contribution in [0.5, 0.6) is 0 Å². The lowest BCUT2D eigenvalue weighted by molar-refractivity contribution is -0.154. The maximum atomic E-state index is 12.1. The lowest BCUT2D eigenvalue weighted by Crippen LogP contribution is -2.25. The van der Waals surface area contributed by atoms with Gasteiger partial charge in [-0.15, -0.1) is 0 Å². The van der Waals surface area contributed by atoms with Crippen LogP contribution in [0, 0.1) is 11.8 Å². The monoisotopic (exact) mass is 362 g/mol. The van der Waals surface area contributed by atoms with E-state index in [1.54, 1.807) is 14.0 Å². The first-order chi connectivity index (χ1) is 12.1. The highest BCUT2D eigenvalue weighted by molar-refractivity contribution is 5.75. The van der Waals surface area contributed by atoms with E-state index in [2.05, 4.69) is 0 Å². The minimum atomic E-state index is -0.360. The summed E-state index contributed by atoms with van der Waals surface area (Å²) in [6, 6.07) is 0. The maximum absolute atomic E-state index is 12.1. The molecule has 0 aliphatic carbocycles. The van der Waals surface area contributed by atoms with Crippen molar-refractivity contribution in [3.8, 4) is 0 Å². The second-order valence-electron chi connectivity index (χ2n) is 5.79. The van der Waals surface area contributed by atoms with Gasteiger partial charge in [-0.1, -0.05) is 20.8 Å². The Labute approximate surface area is 151 Å². The zero-order valence-corrected chi connectivity index (χ0v) is 16.1. The van der Waals surface area contributed by atoms with Crippen molar-refractivity contribution >= 4 is 11.9 Å². The van der Waals surface area contributed by atoms with Crippen LogP contribution in [0.4, 0.5) is 0 Å². The van der Waals surface area contributed by atoms with Crippen molar-refractivity contribution in [1.82, 2.24) is 0 Å². The van der Waals surface area contributed by atoms with Gasteiger partial charge in [0.25, 0.3) is 0 Å². The average Bonchev–Trinajstić information content (AvgIpc) is 2.61. The standard InChI is InChI=1S/C18H34O7/c1-5-7-22-10-12-24-17(19)15(3)14-16(6-2)18(20)25-13-11-23-9-8-21-4/h15-16H,5-14H2,1-4H3. The molecule has 7 heteroatoms. The van der Waals surface area contributed by atoms with Gasteiger partial charge in [0.15, 0.2) is 0 Å². The van der Waals surface area contributed by atoms with Gasteiger partial charge < -0.3 is 23.7 Å². The van der Waals surface area contributed by atoms with Crippen LogP contribution in [0.25, 0.3) is 0 Å². The number of hydrogen-bond donors (Lipinski definition) is 0. The summed E-state index contributed by atoms with van der Waals surface area (Å²) in [7, 11) is 1.60. The Balaban J connectivity index is 3.98. The summed E-state index contributed by atoms with van der Waals surface area (Å²) in [5, 5.41) is 0. The van der Waals surface area contributed by atoms with Crippen molar-refractivity contribution in [2.24, 2.45) is 11.8 Å². The van der Waals surface area contributed by atoms with Gasteiger partial charge in [0.05, 0.1) is 38.3 Å². The highest BCUT2D eigenvalue weighted by Gasteiger charge is 2.25. The summed E-state index contributed by atoms with van der Waals surface area (Å²) in [6.45, 7) is 8.49. The van der Waals surface area contributed by atoms with E-state index in [9.17, 15) is 9.59 Å². The first-order valence-corrected chi connectivity index (χ1v) is 9.04. The Morgan fingerprint density at radius 1 is 0.800 bits per heavy atom. The van der Waals surface area contributed by atoms with Crippen LogP contribution < -0.4 is 0 Å². The summed E-state index contributed by atoms with van der Waals surface area (Å²) in [6.07, 6.45) is 1.96. The molecule has 25 heavy (non-hydrogen) atoms. The summed E-state index contributed by atoms with van der Waals surface area (Å²) in [4.78, 5) is 24.0. The van der Waals surface area contributed by atoms with Gasteiger partial charge in [-0.3, -0.25) is 9.59 Å². The molecule has 0 aromatic carbocycles. The lowest BCUT2D eigenvalue weighted by Gasteiger charge is -2.18. The molecule has 0 saturated heterocycles. The second-order valence-corrected chi connectivity index (χ2v) is 5.79. The molecule has 0 spiro atoms. The molecule has 0 radical (unpaired) electrons. The van der Waals surface area contributed by atoms with Crippen LogP contribution in [0.2, 0.25) is 0 Å². The predicted octanol–water partition coefficient (Wildman–Crippen LogP) is 2.21. The molecule has 2 unspecified atom stereocenters. The third kappa shape index (κ3) is 12.8. The fourth-order valence-electron chi connectivity index (χ4n) is 2.11. The van der Waals surface area contributed by atoms with Crippen molar-refractivity contribution in [3.63, 3.8) is 0 Å². The van der Waals surface area contributed by atoms with Gasteiger partial charge >= 0.3 is 11.9 Å². The molecule has 0 heterocycles. The topological polar surface area (TPSA) is 80.3 Å². The molecule has 0 saturated carbocycles. The normalized spacial score (nSPS) is 13.3. The summed E-state index contributed by atoms with van der Waals surface area (Å²) in [5.74, 6) is -1.29. The molecule has 0 fully saturated rings. The number of esters is 2. The van der Waals surface area contributed by atoms with Gasteiger partial charge in [-0.25, -0.2) is 0 Å². The number of rotatable bonds is 16. The fourth-order valence-corrected chi connectivity index (χ4v) is 2.11. The Hall–Kier alpha value is -1.18. The Kier molecular flexibility index (Phi) is 15.5. The number of carbonyl (C=O) groups is 2. The Morgan fingerprint density at radius 3 is 1.92 bits per heavy atom. The Bertz CT molecular complexity index is 346. The van der Waals surface area contributed by atoms with Crippen LogP contribution in [-0.4, -0.2) is 65.3 Å². The third-order valence-corrected chi connectivity index (χ3v) is 3.59. The third-order valence-electron chi connectivity index (χ3n) is 3.59. The molecule has 0 aliphatic heterocycles. The number of carbonyl (C=O) groups excluding carboxylic acids is 2. The molecule has 0 aliphatic rings. The SMILES string of the molecule is CCCOCCOC(=O)C(C)CC(CC)C(=O)OCCOCCOC. The number of methoxy groups -OCH3 is 1. The van der Waals surface area contributed by atoms with E-state index in [4.69, 9.17) is 23.7 Å². The van der Waals surface area contributed by atoms with Gasteiger partial charge in [0.2, 0.25) is 0 Å². The summed E-state index contributed by atoms with van der Waals surface area (Å²) in [5.41, 5.74) is 0. The van der Waals surface area contributed by atoms with Crippen molar-refractivity contribution in [1.29, 1.82) is 0 Å². The number of hydrogen-bond acceptors (Lipinski definition) is 7. The zero-order chi connectivity index (χ0) is 18.9. The molecule has 0 rings (SSSR count). The second kappa shape index (κ2) is 16.3. The van der Waals surface area contributed by atoms with Gasteiger partial charge in [0.1, 0.15) is 13.2 Å². The highest BCUT2D eigenvalue weighted by Crippen LogP contribution is 2.18. The van der Waals surface area contributed by atoms with Crippen LogP contribution >= 0.6 is 0 Å². The number of ether oxygens (including phenoxy) is 5. The predicted molar refractivity (Wildman–Crippen MR) is 93.3 cm³/mol. The minimum Gasteiger partial charge on any atom is -0.463 e. The molecule has 0 bridgehead atoms. The molecule has 0 aromatic heterocycles. The first kappa shape index (κ1) is 23.8. The lowest BCUT2D eigenvalue weighted by atomic mass is 9.94. The molecule has 148 valence electrons. The van der Waals surface area contributed by atoms with Crippen molar-refractivity contribution in [2.45, 2.75) is 40.0 Å². The first-order valence-electron chi connectivity index (χ1n) is 9.04. The highest BCUT2D eigenvalue weighted by atomic mass is 16.6. The smallest absolute Gasteiger partial charge is 0.309 e. The van der Waals surface area contributed by atoms with Crippen LogP contribution in [0.3, 0.4) is 0 Å². The van der Waals surface area contributed by atoms with Crippen LogP contribution in [-0.2, 0) is 33.3 Å². The van der Waals surface area contributed by atoms with Crippen molar-refractivity contribution < 1.29 is 33.3 Å². The fraction of sp³-hybridized carbons (Fsp3) is 0.889. The van der Waals surface area contributed by atoms with Gasteiger partial charge in [-0.2, -0.15) is 0 Å².